The van der Waals surface area contributed by atoms with Gasteiger partial charge in [0.25, 0.3) is 5.91 Å². The van der Waals surface area contributed by atoms with Crippen molar-refractivity contribution in [3.63, 3.8) is 0 Å². The molecule has 168 valence electrons. The number of oxime groups is 1. The summed E-state index contributed by atoms with van der Waals surface area (Å²) in [5, 5.41) is 6.62. The highest BCUT2D eigenvalue weighted by molar-refractivity contribution is 6.06. The van der Waals surface area contributed by atoms with E-state index in [9.17, 15) is 14.4 Å². The SMILES string of the molecule is CON=C1C[C@@H](C(=O)NCCC(N)=O)N(C(=O)c2ccc(-c3ccccc3C)cc2C)C1. The second kappa shape index (κ2) is 10.1. The Balaban J connectivity index is 1.84. The Morgan fingerprint density at radius 1 is 1.16 bits per heavy atom. The molecule has 1 aliphatic heterocycles. The maximum atomic E-state index is 13.4. The van der Waals surface area contributed by atoms with Crippen LogP contribution in [-0.4, -0.2) is 54.6 Å². The van der Waals surface area contributed by atoms with Gasteiger partial charge in [-0.2, -0.15) is 0 Å². The number of aryl methyl sites for hydroxylation is 2. The summed E-state index contributed by atoms with van der Waals surface area (Å²) in [6.45, 7) is 4.25. The van der Waals surface area contributed by atoms with Crippen molar-refractivity contribution < 1.29 is 19.2 Å². The molecule has 2 aromatic rings. The number of primary amides is 1. The first-order valence-corrected chi connectivity index (χ1v) is 10.4. The molecule has 8 nitrogen and oxygen atoms in total. The number of carbonyl (C=O) groups excluding carboxylic acids is 3. The van der Waals surface area contributed by atoms with Gasteiger partial charge in [-0.05, 0) is 42.2 Å². The van der Waals surface area contributed by atoms with Crippen molar-refractivity contribution in [2.75, 3.05) is 20.2 Å². The molecule has 3 N–H and O–H groups in total. The molecule has 2 aromatic carbocycles. The fourth-order valence-corrected chi connectivity index (χ4v) is 3.90. The fraction of sp³-hybridized carbons (Fsp3) is 0.333. The van der Waals surface area contributed by atoms with Gasteiger partial charge in [0.2, 0.25) is 11.8 Å². The lowest BCUT2D eigenvalue weighted by molar-refractivity contribution is -0.125. The van der Waals surface area contributed by atoms with E-state index in [0.717, 1.165) is 22.3 Å². The van der Waals surface area contributed by atoms with Gasteiger partial charge < -0.3 is 20.8 Å². The van der Waals surface area contributed by atoms with Gasteiger partial charge in [0.1, 0.15) is 13.2 Å². The van der Waals surface area contributed by atoms with E-state index in [1.54, 1.807) is 6.07 Å². The molecule has 1 fully saturated rings. The first kappa shape index (κ1) is 23.0. The highest BCUT2D eigenvalue weighted by atomic mass is 16.6. The molecule has 1 saturated heterocycles. The Morgan fingerprint density at radius 3 is 2.56 bits per heavy atom. The molecule has 0 aliphatic carbocycles. The van der Waals surface area contributed by atoms with Crippen LogP contribution in [0.2, 0.25) is 0 Å². The number of likely N-dealkylation sites (tertiary alicyclic amines) is 1. The first-order chi connectivity index (χ1) is 15.3. The standard InChI is InChI=1S/C24H28N4O4/c1-15-6-4-5-7-19(15)17-8-9-20(16(2)12-17)24(31)28-14-18(27-32-3)13-21(28)23(30)26-11-10-22(25)29/h4-9,12,21H,10-11,13-14H2,1-3H3,(H2,25,29)(H,26,30)/t21-/m0/s1. The lowest BCUT2D eigenvalue weighted by atomic mass is 9.96. The van der Waals surface area contributed by atoms with E-state index in [1.807, 2.05) is 50.2 Å². The van der Waals surface area contributed by atoms with Crippen molar-refractivity contribution in [2.24, 2.45) is 10.9 Å². The molecule has 0 saturated carbocycles. The third-order valence-electron chi connectivity index (χ3n) is 5.53. The molecule has 0 spiro atoms. The van der Waals surface area contributed by atoms with Gasteiger partial charge >= 0.3 is 0 Å². The highest BCUT2D eigenvalue weighted by Crippen LogP contribution is 2.27. The molecule has 8 heteroatoms. The van der Waals surface area contributed by atoms with Gasteiger partial charge in [-0.25, -0.2) is 0 Å². The molecule has 0 unspecified atom stereocenters. The van der Waals surface area contributed by atoms with Crippen LogP contribution in [0.5, 0.6) is 0 Å². The summed E-state index contributed by atoms with van der Waals surface area (Å²) in [6.07, 6.45) is 0.299. The number of nitrogens with two attached hydrogens (primary N) is 1. The van der Waals surface area contributed by atoms with Crippen molar-refractivity contribution in [3.8, 4) is 11.1 Å². The van der Waals surface area contributed by atoms with E-state index >= 15 is 0 Å². The molecule has 3 rings (SSSR count). The van der Waals surface area contributed by atoms with Crippen molar-refractivity contribution >= 4 is 23.4 Å². The van der Waals surface area contributed by atoms with Gasteiger partial charge in [0.05, 0.1) is 12.3 Å². The van der Waals surface area contributed by atoms with Crippen LogP contribution < -0.4 is 11.1 Å². The molecule has 1 heterocycles. The van der Waals surface area contributed by atoms with Crippen LogP contribution in [0.25, 0.3) is 11.1 Å². The summed E-state index contributed by atoms with van der Waals surface area (Å²) in [4.78, 5) is 43.4. The molecule has 1 atom stereocenters. The summed E-state index contributed by atoms with van der Waals surface area (Å²) in [5.41, 5.74) is 10.4. The van der Waals surface area contributed by atoms with Gasteiger partial charge in [-0.3, -0.25) is 14.4 Å². The number of amides is 3. The van der Waals surface area contributed by atoms with Crippen molar-refractivity contribution in [3.05, 3.63) is 59.2 Å². The predicted molar refractivity (Wildman–Crippen MR) is 122 cm³/mol. The third-order valence-corrected chi connectivity index (χ3v) is 5.53. The molecule has 32 heavy (non-hydrogen) atoms. The minimum Gasteiger partial charge on any atom is -0.399 e. The normalized spacial score (nSPS) is 16.8. The maximum Gasteiger partial charge on any atom is 0.255 e. The first-order valence-electron chi connectivity index (χ1n) is 10.4. The summed E-state index contributed by atoms with van der Waals surface area (Å²) < 4.78 is 0. The average molecular weight is 437 g/mol. The number of hydrogen-bond donors (Lipinski definition) is 2. The van der Waals surface area contributed by atoms with Crippen LogP contribution in [-0.2, 0) is 14.4 Å². The Bertz CT molecular complexity index is 1060. The van der Waals surface area contributed by atoms with Crippen LogP contribution in [0.4, 0.5) is 0 Å². The highest BCUT2D eigenvalue weighted by Gasteiger charge is 2.38. The average Bonchev–Trinajstić information content (AvgIpc) is 3.17. The molecule has 0 radical (unpaired) electrons. The topological polar surface area (TPSA) is 114 Å². The van der Waals surface area contributed by atoms with Crippen molar-refractivity contribution in [1.29, 1.82) is 0 Å². The lowest BCUT2D eigenvalue weighted by Crippen LogP contribution is -2.46. The largest absolute Gasteiger partial charge is 0.399 e. The fourth-order valence-electron chi connectivity index (χ4n) is 3.90. The Labute approximate surface area is 187 Å². The zero-order valence-corrected chi connectivity index (χ0v) is 18.6. The number of benzene rings is 2. The van der Waals surface area contributed by atoms with Gasteiger partial charge in [-0.15, -0.1) is 0 Å². The van der Waals surface area contributed by atoms with E-state index in [4.69, 9.17) is 10.6 Å². The molecule has 3 amide bonds. The molecular weight excluding hydrogens is 408 g/mol. The predicted octanol–water partition coefficient (Wildman–Crippen LogP) is 2.18. The Morgan fingerprint density at radius 2 is 1.91 bits per heavy atom. The van der Waals surface area contributed by atoms with Crippen LogP contribution in [0.15, 0.2) is 47.6 Å². The number of carbonyl (C=O) groups is 3. The van der Waals surface area contributed by atoms with Crippen LogP contribution >= 0.6 is 0 Å². The van der Waals surface area contributed by atoms with E-state index in [-0.39, 0.29) is 37.7 Å². The second-order valence-electron chi connectivity index (χ2n) is 7.85. The summed E-state index contributed by atoms with van der Waals surface area (Å²) in [6, 6.07) is 13.0. The van der Waals surface area contributed by atoms with Gasteiger partial charge in [0.15, 0.2) is 0 Å². The number of nitrogens with zero attached hydrogens (tertiary/aromatic N) is 2. The second-order valence-corrected chi connectivity index (χ2v) is 7.85. The Hall–Kier alpha value is -3.68. The zero-order valence-electron chi connectivity index (χ0n) is 18.6. The lowest BCUT2D eigenvalue weighted by Gasteiger charge is -2.24. The van der Waals surface area contributed by atoms with E-state index in [1.165, 1.54) is 12.0 Å². The summed E-state index contributed by atoms with van der Waals surface area (Å²) in [7, 11) is 1.42. The quantitative estimate of drug-likeness (QED) is 0.648. The minimum absolute atomic E-state index is 0.0326. The molecule has 0 aromatic heterocycles. The maximum absolute atomic E-state index is 13.4. The van der Waals surface area contributed by atoms with E-state index in [2.05, 4.69) is 10.5 Å². The monoisotopic (exact) mass is 436 g/mol. The van der Waals surface area contributed by atoms with Crippen LogP contribution in [0.1, 0.15) is 34.3 Å². The number of nitrogens with one attached hydrogen (secondary N) is 1. The number of hydrogen-bond acceptors (Lipinski definition) is 5. The molecule has 0 bridgehead atoms. The van der Waals surface area contributed by atoms with E-state index in [0.29, 0.717) is 11.3 Å². The molecule has 1 aliphatic rings. The third kappa shape index (κ3) is 5.14. The molecular formula is C24H28N4O4. The zero-order chi connectivity index (χ0) is 23.3. The smallest absolute Gasteiger partial charge is 0.255 e. The van der Waals surface area contributed by atoms with Crippen LogP contribution in [0, 0.1) is 13.8 Å². The van der Waals surface area contributed by atoms with Gasteiger partial charge in [0, 0.05) is 24.9 Å². The number of rotatable bonds is 7. The van der Waals surface area contributed by atoms with Gasteiger partial charge in [-0.1, -0.05) is 41.6 Å². The Kier molecular flexibility index (Phi) is 7.25. The minimum atomic E-state index is -0.736. The summed E-state index contributed by atoms with van der Waals surface area (Å²) >= 11 is 0. The van der Waals surface area contributed by atoms with E-state index < -0.39 is 11.9 Å². The van der Waals surface area contributed by atoms with Crippen molar-refractivity contribution in [1.82, 2.24) is 10.2 Å². The van der Waals surface area contributed by atoms with Crippen molar-refractivity contribution in [2.45, 2.75) is 32.7 Å². The van der Waals surface area contributed by atoms with Crippen LogP contribution in [0.3, 0.4) is 0 Å². The summed E-state index contributed by atoms with van der Waals surface area (Å²) in [5.74, 6) is -1.11.